The van der Waals surface area contributed by atoms with Crippen molar-refractivity contribution in [3.05, 3.63) is 34.9 Å². The van der Waals surface area contributed by atoms with Crippen molar-refractivity contribution in [1.29, 1.82) is 0 Å². The first-order valence-corrected chi connectivity index (χ1v) is 8.34. The fraction of sp³-hybridized carbons (Fsp3) is 0.588. The molecule has 1 aromatic rings. The third kappa shape index (κ3) is 4.91. The normalized spacial score (nSPS) is 21.2. The van der Waals surface area contributed by atoms with Crippen molar-refractivity contribution < 1.29 is 15.0 Å². The summed E-state index contributed by atoms with van der Waals surface area (Å²) >= 11 is 6.12. The molecule has 1 saturated heterocycles. The summed E-state index contributed by atoms with van der Waals surface area (Å²) in [6.45, 7) is 2.78. The number of hydrogen-bond donors (Lipinski definition) is 2. The molecule has 0 saturated carbocycles. The Morgan fingerprint density at radius 1 is 1.30 bits per heavy atom. The fourth-order valence-corrected chi connectivity index (χ4v) is 3.34. The second kappa shape index (κ2) is 8.64. The van der Waals surface area contributed by atoms with Crippen molar-refractivity contribution in [2.45, 2.75) is 6.42 Å². The fourth-order valence-electron chi connectivity index (χ4n) is 3.13. The molecule has 128 valence electrons. The van der Waals surface area contributed by atoms with Gasteiger partial charge in [0.2, 0.25) is 5.91 Å². The Morgan fingerprint density at radius 2 is 2.00 bits per heavy atom. The Morgan fingerprint density at radius 3 is 2.65 bits per heavy atom. The predicted octanol–water partition coefficient (Wildman–Crippen LogP) is 0.873. The lowest BCUT2D eigenvalue weighted by atomic mass is 9.96. The van der Waals surface area contributed by atoms with E-state index in [2.05, 4.69) is 0 Å². The van der Waals surface area contributed by atoms with Crippen LogP contribution < -0.4 is 0 Å². The van der Waals surface area contributed by atoms with E-state index in [-0.39, 0.29) is 37.4 Å². The molecule has 2 atom stereocenters. The summed E-state index contributed by atoms with van der Waals surface area (Å²) < 4.78 is 0. The van der Waals surface area contributed by atoms with Crippen LogP contribution in [0.1, 0.15) is 5.56 Å². The van der Waals surface area contributed by atoms with Crippen LogP contribution in [-0.4, -0.2) is 72.4 Å². The number of nitrogens with zero attached hydrogens (tertiary/aromatic N) is 2. The van der Waals surface area contributed by atoms with Crippen molar-refractivity contribution >= 4 is 17.5 Å². The molecular formula is C17H25ClN2O3. The number of halogens is 1. The van der Waals surface area contributed by atoms with Gasteiger partial charge in [-0.05, 0) is 24.6 Å². The highest BCUT2D eigenvalue weighted by atomic mass is 35.5. The van der Waals surface area contributed by atoms with E-state index in [1.807, 2.05) is 35.0 Å². The number of likely N-dealkylation sites (tertiary alicyclic amines) is 1. The third-order valence-corrected chi connectivity index (χ3v) is 4.86. The van der Waals surface area contributed by atoms with Gasteiger partial charge in [-0.15, -0.1) is 0 Å². The Balaban J connectivity index is 1.95. The lowest BCUT2D eigenvalue weighted by Crippen LogP contribution is -2.34. The standard InChI is InChI=1S/C17H25ClN2O3/c1-19(6-7-21)9-14-10-20(11-15(14)12-22)17(23)8-13-4-2-3-5-16(13)18/h2-5,14-15,21-22H,6-12H2,1H3/t14-,15-/m1/s1. The van der Waals surface area contributed by atoms with E-state index in [0.29, 0.717) is 24.7 Å². The number of aliphatic hydroxyl groups is 2. The van der Waals surface area contributed by atoms with Gasteiger partial charge in [0.1, 0.15) is 0 Å². The van der Waals surface area contributed by atoms with Gasteiger partial charge in [-0.1, -0.05) is 29.8 Å². The lowest BCUT2D eigenvalue weighted by molar-refractivity contribution is -0.129. The van der Waals surface area contributed by atoms with Crippen molar-refractivity contribution in [3.8, 4) is 0 Å². The number of likely N-dealkylation sites (N-methyl/N-ethyl adjacent to an activating group) is 1. The van der Waals surface area contributed by atoms with Gasteiger partial charge in [0.25, 0.3) is 0 Å². The summed E-state index contributed by atoms with van der Waals surface area (Å²) in [5.74, 6) is 0.363. The van der Waals surface area contributed by atoms with E-state index >= 15 is 0 Å². The third-order valence-electron chi connectivity index (χ3n) is 4.49. The molecular weight excluding hydrogens is 316 g/mol. The minimum atomic E-state index is 0.0452. The number of carbonyl (C=O) groups excluding carboxylic acids is 1. The molecule has 0 radical (unpaired) electrons. The first-order valence-electron chi connectivity index (χ1n) is 7.96. The average molecular weight is 341 g/mol. The molecule has 0 spiro atoms. The van der Waals surface area contributed by atoms with Crippen LogP contribution >= 0.6 is 11.6 Å². The minimum absolute atomic E-state index is 0.0452. The van der Waals surface area contributed by atoms with Gasteiger partial charge in [0.05, 0.1) is 13.0 Å². The summed E-state index contributed by atoms with van der Waals surface area (Å²) in [5.41, 5.74) is 0.834. The van der Waals surface area contributed by atoms with E-state index in [9.17, 15) is 9.90 Å². The molecule has 5 nitrogen and oxygen atoms in total. The van der Waals surface area contributed by atoms with E-state index in [1.165, 1.54) is 0 Å². The zero-order chi connectivity index (χ0) is 16.8. The Hall–Kier alpha value is -1.14. The number of aliphatic hydroxyl groups excluding tert-OH is 2. The number of hydrogen-bond acceptors (Lipinski definition) is 4. The lowest BCUT2D eigenvalue weighted by Gasteiger charge is -2.23. The minimum Gasteiger partial charge on any atom is -0.396 e. The highest BCUT2D eigenvalue weighted by Crippen LogP contribution is 2.25. The summed E-state index contributed by atoms with van der Waals surface area (Å²) in [4.78, 5) is 16.4. The van der Waals surface area contributed by atoms with Crippen LogP contribution in [0.4, 0.5) is 0 Å². The van der Waals surface area contributed by atoms with Crippen molar-refractivity contribution in [3.63, 3.8) is 0 Å². The Kier molecular flexibility index (Phi) is 6.84. The van der Waals surface area contributed by atoms with Gasteiger partial charge < -0.3 is 20.0 Å². The maximum Gasteiger partial charge on any atom is 0.227 e. The van der Waals surface area contributed by atoms with E-state index in [1.54, 1.807) is 6.07 Å². The largest absolute Gasteiger partial charge is 0.396 e. The average Bonchev–Trinajstić information content (AvgIpc) is 2.92. The van der Waals surface area contributed by atoms with Crippen LogP contribution in [0.3, 0.4) is 0 Å². The molecule has 0 bridgehead atoms. The molecule has 0 aromatic heterocycles. The molecule has 6 heteroatoms. The molecule has 1 amide bonds. The van der Waals surface area contributed by atoms with Crippen molar-refractivity contribution in [1.82, 2.24) is 9.80 Å². The highest BCUT2D eigenvalue weighted by Gasteiger charge is 2.35. The molecule has 1 aliphatic heterocycles. The summed E-state index contributed by atoms with van der Waals surface area (Å²) in [5, 5.41) is 19.2. The maximum atomic E-state index is 12.5. The number of rotatable bonds is 7. The summed E-state index contributed by atoms with van der Waals surface area (Å²) in [7, 11) is 1.94. The van der Waals surface area contributed by atoms with Crippen LogP contribution in [0.5, 0.6) is 0 Å². The summed E-state index contributed by atoms with van der Waals surface area (Å²) in [6, 6.07) is 7.38. The maximum absolute atomic E-state index is 12.5. The van der Waals surface area contributed by atoms with Gasteiger partial charge in [-0.25, -0.2) is 0 Å². The number of carbonyl (C=O) groups is 1. The molecule has 2 rings (SSSR count). The number of amides is 1. The van der Waals surface area contributed by atoms with Crippen LogP contribution in [0.25, 0.3) is 0 Å². The van der Waals surface area contributed by atoms with Gasteiger partial charge in [0, 0.05) is 43.7 Å². The van der Waals surface area contributed by atoms with E-state index in [0.717, 1.165) is 12.1 Å². The van der Waals surface area contributed by atoms with Gasteiger partial charge >= 0.3 is 0 Å². The van der Waals surface area contributed by atoms with Gasteiger partial charge in [0.15, 0.2) is 0 Å². The van der Waals surface area contributed by atoms with Crippen molar-refractivity contribution in [2.75, 3.05) is 46.4 Å². The van der Waals surface area contributed by atoms with Crippen LogP contribution in [0.2, 0.25) is 5.02 Å². The SMILES string of the molecule is CN(CCO)C[C@@H]1CN(C(=O)Cc2ccccc2Cl)C[C@@H]1CO. The topological polar surface area (TPSA) is 64.0 Å². The predicted molar refractivity (Wildman–Crippen MR) is 90.4 cm³/mol. The smallest absolute Gasteiger partial charge is 0.227 e. The molecule has 2 N–H and O–H groups in total. The molecule has 23 heavy (non-hydrogen) atoms. The quantitative estimate of drug-likeness (QED) is 0.773. The monoisotopic (exact) mass is 340 g/mol. The second-order valence-corrected chi connectivity index (χ2v) is 6.66. The molecule has 1 aromatic carbocycles. The zero-order valence-corrected chi connectivity index (χ0v) is 14.2. The molecule has 0 unspecified atom stereocenters. The molecule has 1 heterocycles. The first-order chi connectivity index (χ1) is 11.0. The zero-order valence-electron chi connectivity index (χ0n) is 13.5. The molecule has 1 fully saturated rings. The Bertz CT molecular complexity index is 526. The van der Waals surface area contributed by atoms with Crippen molar-refractivity contribution in [2.24, 2.45) is 11.8 Å². The molecule has 0 aliphatic carbocycles. The van der Waals surface area contributed by atoms with Crippen LogP contribution in [-0.2, 0) is 11.2 Å². The Labute approximate surface area is 142 Å². The van der Waals surface area contributed by atoms with Crippen LogP contribution in [0.15, 0.2) is 24.3 Å². The molecule has 1 aliphatic rings. The highest BCUT2D eigenvalue weighted by molar-refractivity contribution is 6.31. The summed E-state index contributed by atoms with van der Waals surface area (Å²) in [6.07, 6.45) is 0.289. The number of benzene rings is 1. The van der Waals surface area contributed by atoms with Crippen LogP contribution in [0, 0.1) is 11.8 Å². The van der Waals surface area contributed by atoms with E-state index in [4.69, 9.17) is 16.7 Å². The second-order valence-electron chi connectivity index (χ2n) is 6.26. The first kappa shape index (κ1) is 18.2. The van der Waals surface area contributed by atoms with E-state index < -0.39 is 0 Å². The van der Waals surface area contributed by atoms with Gasteiger partial charge in [-0.2, -0.15) is 0 Å². The van der Waals surface area contributed by atoms with Gasteiger partial charge in [-0.3, -0.25) is 4.79 Å².